The summed E-state index contributed by atoms with van der Waals surface area (Å²) in [5.74, 6) is 0.292. The molecule has 0 unspecified atom stereocenters. The summed E-state index contributed by atoms with van der Waals surface area (Å²) >= 11 is 3.03. The molecule has 2 aromatic heterocycles. The van der Waals surface area contributed by atoms with Crippen LogP contribution < -0.4 is 10.5 Å². The van der Waals surface area contributed by atoms with Gasteiger partial charge in [-0.25, -0.2) is 4.98 Å². The second-order valence-corrected chi connectivity index (χ2v) is 9.39. The molecule has 7 heteroatoms. The number of benzene rings is 2. The molecular weight excluding hydrogens is 426 g/mol. The van der Waals surface area contributed by atoms with E-state index >= 15 is 0 Å². The number of carbonyl (C=O) groups excluding carboxylic acids is 1. The minimum atomic E-state index is -0.0522. The Kier molecular flexibility index (Phi) is 5.61. The summed E-state index contributed by atoms with van der Waals surface area (Å²) in [6.07, 6.45) is 1.64. The quantitative estimate of drug-likeness (QED) is 0.325. The van der Waals surface area contributed by atoms with Gasteiger partial charge >= 0.3 is 0 Å². The number of hydrogen-bond acceptors (Lipinski definition) is 5. The van der Waals surface area contributed by atoms with Crippen molar-refractivity contribution in [3.8, 4) is 0 Å². The first-order chi connectivity index (χ1) is 15.2. The van der Waals surface area contributed by atoms with Gasteiger partial charge in [-0.3, -0.25) is 14.2 Å². The number of para-hydroxylation sites is 2. The van der Waals surface area contributed by atoms with Gasteiger partial charge in [0.15, 0.2) is 5.16 Å². The number of hydrogen-bond donors (Lipinski definition) is 0. The highest BCUT2D eigenvalue weighted by atomic mass is 32.2. The van der Waals surface area contributed by atoms with Crippen LogP contribution in [-0.2, 0) is 24.2 Å². The number of thiophene rings is 1. The molecule has 0 saturated carbocycles. The summed E-state index contributed by atoms with van der Waals surface area (Å²) in [4.78, 5) is 34.0. The third kappa shape index (κ3) is 4.03. The number of thioether (sulfide) groups is 1. The zero-order valence-corrected chi connectivity index (χ0v) is 18.5. The maximum absolute atomic E-state index is 13.2. The van der Waals surface area contributed by atoms with E-state index in [2.05, 4.69) is 12.1 Å². The highest BCUT2D eigenvalue weighted by molar-refractivity contribution is 7.99. The molecule has 0 fully saturated rings. The molecule has 0 aliphatic carbocycles. The molecule has 1 aliphatic heterocycles. The second-order valence-electron chi connectivity index (χ2n) is 7.41. The number of fused-ring (bicyclic) bond motifs is 2. The summed E-state index contributed by atoms with van der Waals surface area (Å²) in [6, 6.07) is 19.5. The largest absolute Gasteiger partial charge is 0.311 e. The van der Waals surface area contributed by atoms with Crippen molar-refractivity contribution in [1.29, 1.82) is 0 Å². The van der Waals surface area contributed by atoms with Crippen molar-refractivity contribution in [1.82, 2.24) is 9.55 Å². The van der Waals surface area contributed by atoms with E-state index < -0.39 is 0 Å². The first-order valence-electron chi connectivity index (χ1n) is 10.2. The van der Waals surface area contributed by atoms with Crippen molar-refractivity contribution in [3.05, 3.63) is 86.8 Å². The lowest BCUT2D eigenvalue weighted by atomic mass is 10.2. The molecule has 2 aromatic carbocycles. The highest BCUT2D eigenvalue weighted by Crippen LogP contribution is 2.29. The van der Waals surface area contributed by atoms with E-state index in [1.807, 2.05) is 58.8 Å². The van der Waals surface area contributed by atoms with Crippen LogP contribution >= 0.6 is 23.1 Å². The van der Waals surface area contributed by atoms with Gasteiger partial charge in [0.05, 0.1) is 16.7 Å². The van der Waals surface area contributed by atoms with Crippen LogP contribution in [0, 0.1) is 0 Å². The van der Waals surface area contributed by atoms with Crippen LogP contribution in [-0.4, -0.2) is 27.8 Å². The molecule has 1 aliphatic rings. The number of carbonyl (C=O) groups is 1. The van der Waals surface area contributed by atoms with Crippen LogP contribution in [0.1, 0.15) is 10.4 Å². The lowest BCUT2D eigenvalue weighted by Crippen LogP contribution is -2.31. The van der Waals surface area contributed by atoms with Gasteiger partial charge in [0, 0.05) is 23.7 Å². The van der Waals surface area contributed by atoms with Crippen molar-refractivity contribution in [2.75, 3.05) is 17.2 Å². The molecule has 31 heavy (non-hydrogen) atoms. The molecular formula is C24H21N3O2S2. The van der Waals surface area contributed by atoms with Crippen LogP contribution in [0.25, 0.3) is 10.9 Å². The van der Waals surface area contributed by atoms with E-state index in [1.165, 1.54) is 22.2 Å². The molecule has 5 rings (SSSR count). The number of nitrogens with zero attached hydrogens (tertiary/aromatic N) is 3. The van der Waals surface area contributed by atoms with Gasteiger partial charge in [0.25, 0.3) is 5.56 Å². The van der Waals surface area contributed by atoms with Gasteiger partial charge in [0.1, 0.15) is 0 Å². The molecule has 0 bridgehead atoms. The van der Waals surface area contributed by atoms with Gasteiger partial charge in [-0.2, -0.15) is 0 Å². The smallest absolute Gasteiger partial charge is 0.262 e. The van der Waals surface area contributed by atoms with Gasteiger partial charge in [-0.1, -0.05) is 48.2 Å². The zero-order valence-electron chi connectivity index (χ0n) is 16.9. The highest BCUT2D eigenvalue weighted by Gasteiger charge is 2.24. The van der Waals surface area contributed by atoms with Crippen molar-refractivity contribution in [2.24, 2.45) is 0 Å². The fourth-order valence-corrected chi connectivity index (χ4v) is 5.53. The standard InChI is InChI=1S/C24H21N3O2S2/c28-22(26-13-11-17-6-1-4-10-21(17)26)16-31-24-25-20-9-3-2-8-19(20)23(29)27(24)14-12-18-7-5-15-30-18/h1-10,15H,11-14,16H2. The van der Waals surface area contributed by atoms with Gasteiger partial charge < -0.3 is 4.90 Å². The summed E-state index contributed by atoms with van der Waals surface area (Å²) < 4.78 is 1.72. The Morgan fingerprint density at radius 1 is 1.06 bits per heavy atom. The average Bonchev–Trinajstić information content (AvgIpc) is 3.47. The Morgan fingerprint density at radius 2 is 1.90 bits per heavy atom. The summed E-state index contributed by atoms with van der Waals surface area (Å²) in [5.41, 5.74) is 2.82. The fraction of sp³-hybridized carbons (Fsp3) is 0.208. The minimum Gasteiger partial charge on any atom is -0.311 e. The Balaban J connectivity index is 1.41. The monoisotopic (exact) mass is 447 g/mol. The Hall–Kier alpha value is -2.90. The molecule has 0 saturated heterocycles. The van der Waals surface area contributed by atoms with Crippen molar-refractivity contribution in [2.45, 2.75) is 24.5 Å². The summed E-state index contributed by atoms with van der Waals surface area (Å²) in [5, 5.41) is 3.25. The van der Waals surface area contributed by atoms with Crippen LogP contribution in [0.4, 0.5) is 5.69 Å². The maximum atomic E-state index is 13.2. The van der Waals surface area contributed by atoms with Crippen LogP contribution in [0.3, 0.4) is 0 Å². The Bertz CT molecular complexity index is 1300. The lowest BCUT2D eigenvalue weighted by Gasteiger charge is -2.18. The topological polar surface area (TPSA) is 55.2 Å². The molecule has 0 spiro atoms. The van der Waals surface area contributed by atoms with Crippen LogP contribution in [0.15, 0.2) is 76.0 Å². The predicted molar refractivity (Wildman–Crippen MR) is 127 cm³/mol. The molecule has 0 radical (unpaired) electrons. The van der Waals surface area contributed by atoms with E-state index in [4.69, 9.17) is 4.98 Å². The molecule has 5 nitrogen and oxygen atoms in total. The molecule has 4 aromatic rings. The SMILES string of the molecule is O=C(CSc1nc2ccccc2c(=O)n1CCc1cccs1)N1CCc2ccccc21. The van der Waals surface area contributed by atoms with E-state index in [-0.39, 0.29) is 17.2 Å². The van der Waals surface area contributed by atoms with Gasteiger partial charge in [0.2, 0.25) is 5.91 Å². The third-order valence-electron chi connectivity index (χ3n) is 5.50. The normalized spacial score (nSPS) is 13.0. The fourth-order valence-electron chi connectivity index (χ4n) is 3.93. The second kappa shape index (κ2) is 8.69. The Morgan fingerprint density at radius 3 is 2.77 bits per heavy atom. The molecule has 3 heterocycles. The van der Waals surface area contributed by atoms with Crippen molar-refractivity contribution in [3.63, 3.8) is 0 Å². The van der Waals surface area contributed by atoms with Crippen LogP contribution in [0.5, 0.6) is 0 Å². The first kappa shape index (κ1) is 20.0. The summed E-state index contributed by atoms with van der Waals surface area (Å²) in [6.45, 7) is 1.25. The number of aryl methyl sites for hydroxylation is 1. The Labute approximate surface area is 188 Å². The first-order valence-corrected chi connectivity index (χ1v) is 12.1. The molecule has 156 valence electrons. The van der Waals surface area contributed by atoms with E-state index in [9.17, 15) is 9.59 Å². The van der Waals surface area contributed by atoms with Gasteiger partial charge in [-0.05, 0) is 48.1 Å². The van der Waals surface area contributed by atoms with E-state index in [0.717, 1.165) is 18.5 Å². The average molecular weight is 448 g/mol. The van der Waals surface area contributed by atoms with Crippen LogP contribution in [0.2, 0.25) is 0 Å². The lowest BCUT2D eigenvalue weighted by molar-refractivity contribution is -0.116. The maximum Gasteiger partial charge on any atom is 0.262 e. The predicted octanol–water partition coefficient (Wildman–Crippen LogP) is 4.38. The molecule has 0 N–H and O–H groups in total. The minimum absolute atomic E-state index is 0.0437. The third-order valence-corrected chi connectivity index (χ3v) is 7.40. The van der Waals surface area contributed by atoms with Crippen molar-refractivity contribution >= 4 is 45.6 Å². The molecule has 1 amide bonds. The van der Waals surface area contributed by atoms with Crippen molar-refractivity contribution < 1.29 is 4.79 Å². The van der Waals surface area contributed by atoms with E-state index in [0.29, 0.717) is 29.1 Å². The number of amides is 1. The zero-order chi connectivity index (χ0) is 21.2. The summed E-state index contributed by atoms with van der Waals surface area (Å²) in [7, 11) is 0. The van der Waals surface area contributed by atoms with E-state index in [1.54, 1.807) is 15.9 Å². The number of anilines is 1. The number of aromatic nitrogens is 2. The number of rotatable bonds is 6. The molecule has 0 atom stereocenters. The van der Waals surface area contributed by atoms with Gasteiger partial charge in [-0.15, -0.1) is 11.3 Å².